The van der Waals surface area contributed by atoms with Crippen molar-refractivity contribution in [2.24, 2.45) is 0 Å². The van der Waals surface area contributed by atoms with Crippen molar-refractivity contribution < 1.29 is 13.9 Å². The van der Waals surface area contributed by atoms with E-state index >= 15 is 0 Å². The van der Waals surface area contributed by atoms with Gasteiger partial charge in [-0.05, 0) is 32.1 Å². The van der Waals surface area contributed by atoms with E-state index in [0.29, 0.717) is 19.2 Å². The van der Waals surface area contributed by atoms with E-state index in [4.69, 9.17) is 13.9 Å². The lowest BCUT2D eigenvalue weighted by Crippen LogP contribution is -2.24. The zero-order valence-corrected chi connectivity index (χ0v) is 11.3. The summed E-state index contributed by atoms with van der Waals surface area (Å²) in [5.74, 6) is 1.37. The maximum atomic E-state index is 5.92. The number of hydrogen-bond donors (Lipinski definition) is 0. The largest absolute Gasteiger partial charge is 0.544 e. The summed E-state index contributed by atoms with van der Waals surface area (Å²) in [7, 11) is -1.60. The fourth-order valence-corrected chi connectivity index (χ4v) is 2.06. The highest BCUT2D eigenvalue weighted by Gasteiger charge is 2.18. The Morgan fingerprint density at radius 3 is 2.50 bits per heavy atom. The van der Waals surface area contributed by atoms with Crippen LogP contribution in [-0.2, 0) is 13.9 Å². The zero-order chi connectivity index (χ0) is 12.0. The third-order valence-electron chi connectivity index (χ3n) is 1.74. The van der Waals surface area contributed by atoms with Crippen molar-refractivity contribution in [2.45, 2.75) is 26.1 Å². The minimum absolute atomic E-state index is 0.550. The molecule has 0 saturated carbocycles. The highest BCUT2D eigenvalue weighted by Crippen LogP contribution is 2.17. The number of allylic oxidation sites excluding steroid dienone is 3. The van der Waals surface area contributed by atoms with Gasteiger partial charge in [0.25, 0.3) is 5.95 Å². The van der Waals surface area contributed by atoms with Crippen molar-refractivity contribution in [3.05, 3.63) is 36.5 Å². The predicted octanol–water partition coefficient (Wildman–Crippen LogP) is 3.19. The summed E-state index contributed by atoms with van der Waals surface area (Å²) in [5.41, 5.74) is 0. The smallest absolute Gasteiger partial charge is 0.283 e. The molecule has 0 aromatic heterocycles. The molecule has 1 fully saturated rings. The summed E-state index contributed by atoms with van der Waals surface area (Å²) in [6.45, 7) is 11.4. The molecular weight excluding hydrogens is 220 g/mol. The predicted molar refractivity (Wildman–Crippen MR) is 67.3 cm³/mol. The molecule has 0 atom stereocenters. The Morgan fingerprint density at radius 1 is 1.38 bits per heavy atom. The van der Waals surface area contributed by atoms with Crippen LogP contribution in [0.4, 0.5) is 0 Å². The molecule has 16 heavy (non-hydrogen) atoms. The van der Waals surface area contributed by atoms with Crippen LogP contribution in [-0.4, -0.2) is 21.5 Å². The fourth-order valence-electron chi connectivity index (χ4n) is 1.21. The first-order valence-corrected chi connectivity index (χ1v) is 8.89. The van der Waals surface area contributed by atoms with Crippen molar-refractivity contribution in [2.75, 3.05) is 13.2 Å². The lowest BCUT2D eigenvalue weighted by molar-refractivity contribution is 0.173. The van der Waals surface area contributed by atoms with Gasteiger partial charge in [0.1, 0.15) is 19.0 Å². The Morgan fingerprint density at radius 2 is 2.00 bits per heavy atom. The molecule has 4 heteroatoms. The molecule has 0 unspecified atom stereocenters. The lowest BCUT2D eigenvalue weighted by atomic mass is 10.3. The molecule has 1 heterocycles. The highest BCUT2D eigenvalue weighted by molar-refractivity contribution is 6.70. The Labute approximate surface area is 98.5 Å². The molecule has 0 spiro atoms. The monoisotopic (exact) mass is 240 g/mol. The molecule has 0 aliphatic carbocycles. The summed E-state index contributed by atoms with van der Waals surface area (Å²) in [6, 6.07) is 0. The Kier molecular flexibility index (Phi) is 4.67. The summed E-state index contributed by atoms with van der Waals surface area (Å²) >= 11 is 0. The summed E-state index contributed by atoms with van der Waals surface area (Å²) in [5, 5.41) is 0. The van der Waals surface area contributed by atoms with Gasteiger partial charge in [-0.15, -0.1) is 6.58 Å². The maximum absolute atomic E-state index is 5.92. The second kappa shape index (κ2) is 5.79. The molecule has 0 aromatic carbocycles. The molecule has 90 valence electrons. The van der Waals surface area contributed by atoms with E-state index in [1.807, 2.05) is 18.2 Å². The third-order valence-corrected chi connectivity index (χ3v) is 2.59. The van der Waals surface area contributed by atoms with Gasteiger partial charge < -0.3 is 13.9 Å². The van der Waals surface area contributed by atoms with Crippen LogP contribution in [0.25, 0.3) is 0 Å². The number of ether oxygens (including phenoxy) is 2. The van der Waals surface area contributed by atoms with Gasteiger partial charge in [0.05, 0.1) is 6.08 Å². The van der Waals surface area contributed by atoms with Crippen molar-refractivity contribution in [1.82, 2.24) is 0 Å². The minimum Gasteiger partial charge on any atom is -0.544 e. The molecular formula is C12H20O3Si. The SMILES string of the molecule is C=CC/C=C(/C=C1OCCO1)O[Si](C)(C)C. The summed E-state index contributed by atoms with van der Waals surface area (Å²) in [6.07, 6.45) is 6.42. The van der Waals surface area contributed by atoms with Gasteiger partial charge in [-0.25, -0.2) is 0 Å². The van der Waals surface area contributed by atoms with Crippen LogP contribution in [0.2, 0.25) is 19.6 Å². The van der Waals surface area contributed by atoms with E-state index in [-0.39, 0.29) is 0 Å². The van der Waals surface area contributed by atoms with Gasteiger partial charge in [-0.3, -0.25) is 0 Å². The lowest BCUT2D eigenvalue weighted by Gasteiger charge is -2.20. The van der Waals surface area contributed by atoms with Gasteiger partial charge in [0, 0.05) is 0 Å². The standard InChI is InChI=1S/C12H20O3Si/c1-5-6-7-11(15-16(2,3)4)10-12-13-8-9-14-12/h5,7,10H,1,6,8-9H2,2-4H3/b11-7-. The number of hydrogen-bond acceptors (Lipinski definition) is 3. The van der Waals surface area contributed by atoms with Gasteiger partial charge in [-0.2, -0.15) is 0 Å². The second-order valence-corrected chi connectivity index (χ2v) is 8.93. The normalized spacial score (nSPS) is 16.4. The molecule has 0 amide bonds. The van der Waals surface area contributed by atoms with Crippen LogP contribution in [0.1, 0.15) is 6.42 Å². The quantitative estimate of drug-likeness (QED) is 0.419. The molecule has 0 N–H and O–H groups in total. The highest BCUT2D eigenvalue weighted by atomic mass is 28.4. The maximum Gasteiger partial charge on any atom is 0.283 e. The van der Waals surface area contributed by atoms with Crippen LogP contribution in [0, 0.1) is 0 Å². The first-order chi connectivity index (χ1) is 7.51. The zero-order valence-electron chi connectivity index (χ0n) is 10.3. The van der Waals surface area contributed by atoms with Crippen molar-refractivity contribution in [1.29, 1.82) is 0 Å². The second-order valence-electron chi connectivity index (χ2n) is 4.51. The average molecular weight is 240 g/mol. The molecule has 1 aliphatic heterocycles. The molecule has 0 aromatic rings. The topological polar surface area (TPSA) is 27.7 Å². The third kappa shape index (κ3) is 5.07. The van der Waals surface area contributed by atoms with E-state index in [1.165, 1.54) is 0 Å². The average Bonchev–Trinajstić information content (AvgIpc) is 2.64. The van der Waals surface area contributed by atoms with Crippen LogP contribution in [0.3, 0.4) is 0 Å². The molecule has 1 saturated heterocycles. The van der Waals surface area contributed by atoms with Crippen LogP contribution in [0.5, 0.6) is 0 Å². The minimum atomic E-state index is -1.60. The van der Waals surface area contributed by atoms with Crippen molar-refractivity contribution in [3.8, 4) is 0 Å². The summed E-state index contributed by atoms with van der Waals surface area (Å²) < 4.78 is 16.5. The van der Waals surface area contributed by atoms with Crippen LogP contribution in [0.15, 0.2) is 36.5 Å². The molecule has 1 rings (SSSR count). The van der Waals surface area contributed by atoms with E-state index in [1.54, 1.807) is 0 Å². The van der Waals surface area contributed by atoms with Gasteiger partial charge >= 0.3 is 0 Å². The van der Waals surface area contributed by atoms with E-state index in [9.17, 15) is 0 Å². The van der Waals surface area contributed by atoms with Crippen molar-refractivity contribution >= 4 is 8.32 Å². The van der Waals surface area contributed by atoms with E-state index in [2.05, 4.69) is 26.2 Å². The Bertz CT molecular complexity index is 292. The van der Waals surface area contributed by atoms with E-state index in [0.717, 1.165) is 12.2 Å². The Balaban J connectivity index is 2.70. The molecule has 0 radical (unpaired) electrons. The first-order valence-electron chi connectivity index (χ1n) is 5.48. The number of rotatable bonds is 5. The van der Waals surface area contributed by atoms with Crippen LogP contribution < -0.4 is 0 Å². The molecule has 0 bridgehead atoms. The van der Waals surface area contributed by atoms with Crippen LogP contribution >= 0.6 is 0 Å². The molecule has 1 aliphatic rings. The molecule has 3 nitrogen and oxygen atoms in total. The van der Waals surface area contributed by atoms with Crippen molar-refractivity contribution in [3.63, 3.8) is 0 Å². The fraction of sp³-hybridized carbons (Fsp3) is 0.500. The van der Waals surface area contributed by atoms with Gasteiger partial charge in [0.2, 0.25) is 8.32 Å². The Hall–Kier alpha value is -1.16. The van der Waals surface area contributed by atoms with Gasteiger partial charge in [-0.1, -0.05) is 6.08 Å². The van der Waals surface area contributed by atoms with E-state index < -0.39 is 8.32 Å². The first kappa shape index (κ1) is 12.9. The summed E-state index contributed by atoms with van der Waals surface area (Å²) in [4.78, 5) is 0. The van der Waals surface area contributed by atoms with Gasteiger partial charge in [0.15, 0.2) is 0 Å².